The fraction of sp³-hybridized carbons (Fsp3) is 0.222. The summed E-state index contributed by atoms with van der Waals surface area (Å²) in [6.45, 7) is 1.20. The van der Waals surface area contributed by atoms with Gasteiger partial charge in [-0.3, -0.25) is 9.59 Å². The van der Waals surface area contributed by atoms with Gasteiger partial charge >= 0.3 is 0 Å². The average molecular weight is 488 g/mol. The molecule has 2 amide bonds. The van der Waals surface area contributed by atoms with Gasteiger partial charge in [0.15, 0.2) is 4.34 Å². The van der Waals surface area contributed by atoms with Crippen LogP contribution in [0, 0.1) is 5.92 Å². The maximum atomic E-state index is 13.0. The summed E-state index contributed by atoms with van der Waals surface area (Å²) < 4.78 is 2.26. The normalized spacial score (nSPS) is 14.3. The van der Waals surface area contributed by atoms with Gasteiger partial charge in [0.2, 0.25) is 5.91 Å². The highest BCUT2D eigenvalue weighted by Gasteiger charge is 2.27. The number of rotatable bonds is 6. The van der Waals surface area contributed by atoms with E-state index in [0.29, 0.717) is 31.5 Å². The number of benzene rings is 3. The van der Waals surface area contributed by atoms with Crippen molar-refractivity contribution in [2.75, 3.05) is 18.4 Å². The fourth-order valence-electron chi connectivity index (χ4n) is 4.09. The predicted octanol–water partition coefficient (Wildman–Crippen LogP) is 6.08. The molecule has 7 heteroatoms. The lowest BCUT2D eigenvalue weighted by atomic mass is 9.95. The van der Waals surface area contributed by atoms with E-state index in [4.69, 9.17) is 0 Å². The molecule has 0 spiro atoms. The Bertz CT molecular complexity index is 1250. The van der Waals surface area contributed by atoms with Crippen LogP contribution in [-0.4, -0.2) is 34.8 Å². The third-order valence-corrected chi connectivity index (χ3v) is 8.28. The molecule has 5 rings (SSSR count). The molecule has 1 N–H and O–H groups in total. The molecule has 1 aromatic heterocycles. The molecule has 5 nitrogen and oxygen atoms in total. The van der Waals surface area contributed by atoms with Crippen LogP contribution >= 0.6 is 23.1 Å². The third-order valence-electron chi connectivity index (χ3n) is 6.03. The van der Waals surface area contributed by atoms with Gasteiger partial charge in [-0.05, 0) is 54.8 Å². The molecule has 4 aromatic rings. The molecule has 0 atom stereocenters. The number of nitrogens with zero attached hydrogens (tertiary/aromatic N) is 2. The van der Waals surface area contributed by atoms with Crippen LogP contribution in [0.15, 0.2) is 83.2 Å². The predicted molar refractivity (Wildman–Crippen MR) is 139 cm³/mol. The molecule has 0 saturated carbocycles. The van der Waals surface area contributed by atoms with E-state index >= 15 is 0 Å². The minimum absolute atomic E-state index is 0.0345. The highest BCUT2D eigenvalue weighted by atomic mass is 32.2. The van der Waals surface area contributed by atoms with Gasteiger partial charge in [-0.25, -0.2) is 4.98 Å². The Morgan fingerprint density at radius 2 is 1.65 bits per heavy atom. The number of likely N-dealkylation sites (tertiary alicyclic amines) is 1. The van der Waals surface area contributed by atoms with Crippen molar-refractivity contribution in [2.24, 2.45) is 5.92 Å². The lowest BCUT2D eigenvalue weighted by Crippen LogP contribution is -2.41. The molecule has 1 fully saturated rings. The summed E-state index contributed by atoms with van der Waals surface area (Å²) in [4.78, 5) is 32.0. The van der Waals surface area contributed by atoms with E-state index in [1.54, 1.807) is 23.1 Å². The van der Waals surface area contributed by atoms with Crippen molar-refractivity contribution in [3.63, 3.8) is 0 Å². The third kappa shape index (κ3) is 5.32. The molecule has 172 valence electrons. The standard InChI is InChI=1S/C27H25N3O2S2/c31-25(28-22-6-2-1-3-7-22)20-14-16-30(17-15-20)26(32)21-12-10-19(11-13-21)18-33-27-29-23-8-4-5-9-24(23)34-27/h1-13,20H,14-18H2,(H,28,31). The molecular formula is C27H25N3O2S2. The first-order valence-corrected chi connectivity index (χ1v) is 13.2. The zero-order valence-electron chi connectivity index (χ0n) is 18.6. The summed E-state index contributed by atoms with van der Waals surface area (Å²) in [6.07, 6.45) is 1.36. The number of amides is 2. The van der Waals surface area contributed by atoms with Crippen LogP contribution in [0.5, 0.6) is 0 Å². The van der Waals surface area contributed by atoms with E-state index < -0.39 is 0 Å². The Morgan fingerprint density at radius 3 is 2.38 bits per heavy atom. The van der Waals surface area contributed by atoms with Crippen molar-refractivity contribution in [3.8, 4) is 0 Å². The first kappa shape index (κ1) is 22.6. The molecule has 1 saturated heterocycles. The van der Waals surface area contributed by atoms with Crippen molar-refractivity contribution in [3.05, 3.63) is 90.0 Å². The Balaban J connectivity index is 1.12. The number of thioether (sulfide) groups is 1. The Hall–Kier alpha value is -3.16. The molecule has 3 aromatic carbocycles. The number of carbonyl (C=O) groups is 2. The largest absolute Gasteiger partial charge is 0.339 e. The lowest BCUT2D eigenvalue weighted by Gasteiger charge is -2.31. The van der Waals surface area contributed by atoms with Crippen LogP contribution in [0.4, 0.5) is 5.69 Å². The quantitative estimate of drug-likeness (QED) is 0.335. The van der Waals surface area contributed by atoms with E-state index in [2.05, 4.69) is 16.4 Å². The molecule has 1 aliphatic heterocycles. The van der Waals surface area contributed by atoms with Crippen LogP contribution in [0.3, 0.4) is 0 Å². The highest BCUT2D eigenvalue weighted by molar-refractivity contribution is 8.00. The van der Waals surface area contributed by atoms with Crippen LogP contribution < -0.4 is 5.32 Å². The number of carbonyl (C=O) groups excluding carboxylic acids is 2. The summed E-state index contributed by atoms with van der Waals surface area (Å²) in [5, 5.41) is 2.98. The van der Waals surface area contributed by atoms with Gasteiger partial charge in [0.1, 0.15) is 0 Å². The van der Waals surface area contributed by atoms with Gasteiger partial charge in [-0.1, -0.05) is 54.2 Å². The van der Waals surface area contributed by atoms with Crippen molar-refractivity contribution in [1.82, 2.24) is 9.88 Å². The number of thiazole rings is 1. The maximum absolute atomic E-state index is 13.0. The van der Waals surface area contributed by atoms with Gasteiger partial charge in [0, 0.05) is 36.0 Å². The Morgan fingerprint density at radius 1 is 0.941 bits per heavy atom. The van der Waals surface area contributed by atoms with Crippen molar-refractivity contribution >= 4 is 50.8 Å². The summed E-state index contributed by atoms with van der Waals surface area (Å²) in [5.41, 5.74) is 3.71. The summed E-state index contributed by atoms with van der Waals surface area (Å²) in [7, 11) is 0. The van der Waals surface area contributed by atoms with Gasteiger partial charge in [-0.15, -0.1) is 11.3 Å². The minimum atomic E-state index is -0.0637. The van der Waals surface area contributed by atoms with E-state index in [9.17, 15) is 9.59 Å². The SMILES string of the molecule is O=C(Nc1ccccc1)C1CCN(C(=O)c2ccc(CSc3nc4ccccc4s3)cc2)CC1. The first-order chi connectivity index (χ1) is 16.7. The fourth-order valence-corrected chi connectivity index (χ4v) is 6.12. The number of fused-ring (bicyclic) bond motifs is 1. The number of hydrogen-bond acceptors (Lipinski definition) is 5. The molecule has 1 aliphatic rings. The van der Waals surface area contributed by atoms with Crippen molar-refractivity contribution in [1.29, 1.82) is 0 Å². The molecule has 0 radical (unpaired) electrons. The highest BCUT2D eigenvalue weighted by Crippen LogP contribution is 2.31. The van der Waals surface area contributed by atoms with E-state index in [0.717, 1.165) is 26.9 Å². The van der Waals surface area contributed by atoms with E-state index in [1.165, 1.54) is 4.70 Å². The first-order valence-electron chi connectivity index (χ1n) is 11.4. The maximum Gasteiger partial charge on any atom is 0.253 e. The number of nitrogens with one attached hydrogen (secondary N) is 1. The summed E-state index contributed by atoms with van der Waals surface area (Å²) in [6, 6.07) is 25.5. The second-order valence-electron chi connectivity index (χ2n) is 8.35. The minimum Gasteiger partial charge on any atom is -0.339 e. The van der Waals surface area contributed by atoms with E-state index in [1.807, 2.05) is 77.7 Å². The number of anilines is 1. The van der Waals surface area contributed by atoms with Crippen LogP contribution in [0.2, 0.25) is 0 Å². The molecular weight excluding hydrogens is 462 g/mol. The zero-order valence-corrected chi connectivity index (χ0v) is 20.3. The topological polar surface area (TPSA) is 62.3 Å². The molecule has 0 bridgehead atoms. The smallest absolute Gasteiger partial charge is 0.253 e. The second kappa shape index (κ2) is 10.4. The van der Waals surface area contributed by atoms with Gasteiger partial charge in [0.05, 0.1) is 10.2 Å². The van der Waals surface area contributed by atoms with Crippen molar-refractivity contribution < 1.29 is 9.59 Å². The van der Waals surface area contributed by atoms with E-state index in [-0.39, 0.29) is 17.7 Å². The monoisotopic (exact) mass is 487 g/mol. The van der Waals surface area contributed by atoms with Gasteiger partial charge in [-0.2, -0.15) is 0 Å². The summed E-state index contributed by atoms with van der Waals surface area (Å²) in [5.74, 6) is 0.822. The Labute approximate surface area is 207 Å². The Kier molecular flexibility index (Phi) is 6.92. The second-order valence-corrected chi connectivity index (χ2v) is 10.6. The van der Waals surface area contributed by atoms with Crippen molar-refractivity contribution in [2.45, 2.75) is 22.9 Å². The lowest BCUT2D eigenvalue weighted by molar-refractivity contribution is -0.121. The van der Waals surface area contributed by atoms with Gasteiger partial charge < -0.3 is 10.2 Å². The zero-order chi connectivity index (χ0) is 23.3. The van der Waals surface area contributed by atoms with Crippen LogP contribution in [0.1, 0.15) is 28.8 Å². The molecule has 2 heterocycles. The number of aromatic nitrogens is 1. The number of piperidine rings is 1. The van der Waals surface area contributed by atoms with Gasteiger partial charge in [0.25, 0.3) is 5.91 Å². The summed E-state index contributed by atoms with van der Waals surface area (Å²) >= 11 is 3.43. The molecule has 0 aliphatic carbocycles. The van der Waals surface area contributed by atoms with Crippen LogP contribution in [0.25, 0.3) is 10.2 Å². The average Bonchev–Trinajstić information content (AvgIpc) is 3.31. The molecule has 34 heavy (non-hydrogen) atoms. The molecule has 0 unspecified atom stereocenters. The number of para-hydroxylation sites is 2. The number of hydrogen-bond donors (Lipinski definition) is 1. The van der Waals surface area contributed by atoms with Crippen LogP contribution in [-0.2, 0) is 10.5 Å².